The molecule has 2 rings (SSSR count). The van der Waals surface area contributed by atoms with E-state index in [-0.39, 0.29) is 6.10 Å². The second-order valence-corrected chi connectivity index (χ2v) is 4.97. The quantitative estimate of drug-likeness (QED) is 0.893. The third kappa shape index (κ3) is 2.78. The molecule has 0 aromatic heterocycles. The molecule has 100 valence electrons. The molecule has 1 fully saturated rings. The lowest BCUT2D eigenvalue weighted by molar-refractivity contribution is 0.0697. The molecule has 18 heavy (non-hydrogen) atoms. The van der Waals surface area contributed by atoms with Crippen LogP contribution in [0.3, 0.4) is 0 Å². The number of benzene rings is 1. The van der Waals surface area contributed by atoms with E-state index in [0.29, 0.717) is 5.92 Å². The number of hydrogen-bond donors (Lipinski definition) is 1. The lowest BCUT2D eigenvalue weighted by Gasteiger charge is -2.28. The maximum absolute atomic E-state index is 10.0. The van der Waals surface area contributed by atoms with Crippen LogP contribution in [-0.4, -0.2) is 25.4 Å². The summed E-state index contributed by atoms with van der Waals surface area (Å²) in [7, 11) is 3.32. The van der Waals surface area contributed by atoms with Gasteiger partial charge in [0.15, 0.2) is 11.5 Å². The van der Waals surface area contributed by atoms with Crippen molar-refractivity contribution in [1.82, 2.24) is 0 Å². The third-order valence-corrected chi connectivity index (χ3v) is 3.84. The van der Waals surface area contributed by atoms with Gasteiger partial charge in [-0.2, -0.15) is 0 Å². The fraction of sp³-hybridized carbons (Fsp3) is 0.600. The predicted molar refractivity (Wildman–Crippen MR) is 71.2 cm³/mol. The van der Waals surface area contributed by atoms with Gasteiger partial charge in [-0.15, -0.1) is 0 Å². The Bertz CT molecular complexity index is 389. The molecule has 3 nitrogen and oxygen atoms in total. The van der Waals surface area contributed by atoms with Gasteiger partial charge in [0.2, 0.25) is 0 Å². The van der Waals surface area contributed by atoms with Crippen LogP contribution in [0.25, 0.3) is 0 Å². The van der Waals surface area contributed by atoms with Gasteiger partial charge in [0.1, 0.15) is 0 Å². The summed E-state index contributed by atoms with van der Waals surface area (Å²) >= 11 is 0. The highest BCUT2D eigenvalue weighted by Gasteiger charge is 2.24. The summed E-state index contributed by atoms with van der Waals surface area (Å²) in [6.07, 6.45) is 5.08. The normalized spacial score (nSPS) is 23.7. The lowest BCUT2D eigenvalue weighted by Crippen LogP contribution is -2.26. The zero-order valence-corrected chi connectivity index (χ0v) is 11.2. The van der Waals surface area contributed by atoms with E-state index in [2.05, 4.69) is 6.07 Å². The van der Waals surface area contributed by atoms with Crippen molar-refractivity contribution >= 4 is 0 Å². The molecule has 1 aromatic carbocycles. The van der Waals surface area contributed by atoms with Gasteiger partial charge in [0.25, 0.3) is 0 Å². The molecule has 1 aromatic rings. The summed E-state index contributed by atoms with van der Waals surface area (Å²) in [6, 6.07) is 5.94. The molecule has 1 saturated carbocycles. The van der Waals surface area contributed by atoms with Crippen molar-refractivity contribution in [3.8, 4) is 11.5 Å². The molecule has 1 aliphatic rings. The van der Waals surface area contributed by atoms with Crippen molar-refractivity contribution < 1.29 is 14.6 Å². The second kappa shape index (κ2) is 6.10. The van der Waals surface area contributed by atoms with Crippen LogP contribution in [0, 0.1) is 5.92 Å². The molecule has 0 amide bonds. The Morgan fingerprint density at radius 2 is 1.94 bits per heavy atom. The highest BCUT2D eigenvalue weighted by Crippen LogP contribution is 2.35. The summed E-state index contributed by atoms with van der Waals surface area (Å²) in [5.41, 5.74) is 1.13. The van der Waals surface area contributed by atoms with Gasteiger partial charge in [0, 0.05) is 0 Å². The first kappa shape index (κ1) is 13.2. The monoisotopic (exact) mass is 250 g/mol. The Morgan fingerprint density at radius 3 is 2.61 bits per heavy atom. The number of rotatable bonds is 4. The molecule has 0 bridgehead atoms. The number of hydrogen-bond acceptors (Lipinski definition) is 3. The molecule has 0 heterocycles. The summed E-state index contributed by atoms with van der Waals surface area (Å²) in [5, 5.41) is 10.0. The molecule has 1 N–H and O–H groups in total. The molecule has 2 unspecified atom stereocenters. The molecular weight excluding hydrogens is 228 g/mol. The molecule has 2 atom stereocenters. The van der Waals surface area contributed by atoms with Crippen LogP contribution in [0.1, 0.15) is 31.2 Å². The van der Waals surface area contributed by atoms with Gasteiger partial charge in [0.05, 0.1) is 20.3 Å². The van der Waals surface area contributed by atoms with E-state index >= 15 is 0 Å². The first-order chi connectivity index (χ1) is 8.76. The van der Waals surface area contributed by atoms with Crippen molar-refractivity contribution in [2.24, 2.45) is 5.92 Å². The smallest absolute Gasteiger partial charge is 0.163 e. The molecule has 0 spiro atoms. The van der Waals surface area contributed by atoms with E-state index in [1.807, 2.05) is 12.1 Å². The largest absolute Gasteiger partial charge is 0.493 e. The Kier molecular flexibility index (Phi) is 4.48. The van der Waals surface area contributed by atoms with Crippen LogP contribution in [0.4, 0.5) is 0 Å². The fourth-order valence-corrected chi connectivity index (χ4v) is 2.82. The van der Waals surface area contributed by atoms with Crippen molar-refractivity contribution in [3.63, 3.8) is 0 Å². The lowest BCUT2D eigenvalue weighted by atomic mass is 9.82. The van der Waals surface area contributed by atoms with Gasteiger partial charge in [-0.05, 0) is 36.8 Å². The second-order valence-electron chi connectivity index (χ2n) is 4.97. The van der Waals surface area contributed by atoms with E-state index in [9.17, 15) is 5.11 Å². The van der Waals surface area contributed by atoms with Gasteiger partial charge in [-0.1, -0.05) is 25.0 Å². The first-order valence-corrected chi connectivity index (χ1v) is 6.64. The number of methoxy groups -OCH3 is 2. The van der Waals surface area contributed by atoms with Gasteiger partial charge < -0.3 is 14.6 Å². The summed E-state index contributed by atoms with van der Waals surface area (Å²) in [5.74, 6) is 1.91. The Labute approximate surface area is 109 Å². The van der Waals surface area contributed by atoms with E-state index in [1.165, 1.54) is 6.42 Å². The zero-order chi connectivity index (χ0) is 13.0. The van der Waals surface area contributed by atoms with Gasteiger partial charge in [-0.3, -0.25) is 0 Å². The van der Waals surface area contributed by atoms with Crippen molar-refractivity contribution in [2.75, 3.05) is 14.2 Å². The summed E-state index contributed by atoms with van der Waals surface area (Å²) < 4.78 is 10.7. The number of para-hydroxylation sites is 1. The molecule has 0 aliphatic heterocycles. The summed E-state index contributed by atoms with van der Waals surface area (Å²) in [4.78, 5) is 0. The van der Waals surface area contributed by atoms with E-state index < -0.39 is 0 Å². The highest BCUT2D eigenvalue weighted by molar-refractivity contribution is 5.46. The van der Waals surface area contributed by atoms with Crippen LogP contribution in [0.15, 0.2) is 18.2 Å². The number of aliphatic hydroxyl groups is 1. The maximum atomic E-state index is 10.0. The Hall–Kier alpha value is -1.22. The zero-order valence-electron chi connectivity index (χ0n) is 11.2. The minimum atomic E-state index is -0.172. The van der Waals surface area contributed by atoms with E-state index in [4.69, 9.17) is 9.47 Å². The van der Waals surface area contributed by atoms with Crippen LogP contribution >= 0.6 is 0 Å². The number of aliphatic hydroxyl groups excluding tert-OH is 1. The SMILES string of the molecule is COc1cccc(CC2CCCCC2O)c1OC. The van der Waals surface area contributed by atoms with Gasteiger partial charge >= 0.3 is 0 Å². The topological polar surface area (TPSA) is 38.7 Å². The minimum Gasteiger partial charge on any atom is -0.493 e. The van der Waals surface area contributed by atoms with Crippen molar-refractivity contribution in [1.29, 1.82) is 0 Å². The van der Waals surface area contributed by atoms with Crippen molar-refractivity contribution in [3.05, 3.63) is 23.8 Å². The summed E-state index contributed by atoms with van der Waals surface area (Å²) in [6.45, 7) is 0. The van der Waals surface area contributed by atoms with E-state index in [1.54, 1.807) is 14.2 Å². The van der Waals surface area contributed by atoms with Crippen LogP contribution in [0.5, 0.6) is 11.5 Å². The van der Waals surface area contributed by atoms with Crippen LogP contribution in [0.2, 0.25) is 0 Å². The third-order valence-electron chi connectivity index (χ3n) is 3.84. The van der Waals surface area contributed by atoms with Crippen LogP contribution in [-0.2, 0) is 6.42 Å². The van der Waals surface area contributed by atoms with Gasteiger partial charge in [-0.25, -0.2) is 0 Å². The maximum Gasteiger partial charge on any atom is 0.163 e. The van der Waals surface area contributed by atoms with Crippen LogP contribution < -0.4 is 9.47 Å². The van der Waals surface area contributed by atoms with Crippen molar-refractivity contribution in [2.45, 2.75) is 38.2 Å². The average Bonchev–Trinajstić information content (AvgIpc) is 2.41. The molecule has 0 saturated heterocycles. The fourth-order valence-electron chi connectivity index (χ4n) is 2.82. The average molecular weight is 250 g/mol. The Morgan fingerprint density at radius 1 is 1.17 bits per heavy atom. The minimum absolute atomic E-state index is 0.172. The first-order valence-electron chi connectivity index (χ1n) is 6.64. The Balaban J connectivity index is 2.17. The molecule has 1 aliphatic carbocycles. The highest BCUT2D eigenvalue weighted by atomic mass is 16.5. The molecular formula is C15H22O3. The molecule has 0 radical (unpaired) electrons. The van der Waals surface area contributed by atoms with E-state index in [0.717, 1.165) is 42.7 Å². The predicted octanol–water partition coefficient (Wildman–Crippen LogP) is 2.80. The molecule has 3 heteroatoms. The number of ether oxygens (including phenoxy) is 2. The standard InChI is InChI=1S/C15H22O3/c1-17-14-9-5-7-12(15(14)18-2)10-11-6-3-4-8-13(11)16/h5,7,9,11,13,16H,3-4,6,8,10H2,1-2H3.